The summed E-state index contributed by atoms with van der Waals surface area (Å²) in [6, 6.07) is 5.92. The smallest absolute Gasteiger partial charge is 0.335 e. The number of nitrogens with one attached hydrogen (secondary N) is 1. The van der Waals surface area contributed by atoms with E-state index in [1.807, 2.05) is 24.3 Å². The van der Waals surface area contributed by atoms with Crippen LogP contribution in [-0.4, -0.2) is 19.1 Å². The maximum atomic E-state index is 11.6. The van der Waals surface area contributed by atoms with E-state index in [1.54, 1.807) is 6.92 Å². The zero-order valence-corrected chi connectivity index (χ0v) is 10.5. The van der Waals surface area contributed by atoms with Crippen LogP contribution in [0.15, 0.2) is 28.2 Å². The maximum absolute atomic E-state index is 11.6. The van der Waals surface area contributed by atoms with Crippen LogP contribution in [0.2, 0.25) is 0 Å². The number of esters is 1. The molecule has 1 N–H and O–H groups in total. The van der Waals surface area contributed by atoms with Crippen LogP contribution in [0, 0.1) is 0 Å². The average molecular weight is 282 g/mol. The van der Waals surface area contributed by atoms with Crippen molar-refractivity contribution >= 4 is 33.7 Å². The Labute approximate surface area is 103 Å². The normalized spacial score (nSPS) is 13.5. The molecular formula is C12H12BrNO2. The van der Waals surface area contributed by atoms with Crippen LogP contribution < -0.4 is 5.32 Å². The second-order valence-electron chi connectivity index (χ2n) is 3.48. The Morgan fingerprint density at radius 3 is 3.12 bits per heavy atom. The molecule has 0 bridgehead atoms. The predicted octanol–water partition coefficient (Wildman–Crippen LogP) is 2.82. The third-order valence-electron chi connectivity index (χ3n) is 2.35. The molecule has 1 aliphatic heterocycles. The monoisotopic (exact) mass is 281 g/mol. The molecule has 0 fully saturated rings. The Hall–Kier alpha value is -1.29. The van der Waals surface area contributed by atoms with Gasteiger partial charge in [0.15, 0.2) is 0 Å². The lowest BCUT2D eigenvalue weighted by molar-refractivity contribution is -0.138. The number of ether oxygens (including phenoxy) is 1. The number of halogens is 1. The highest BCUT2D eigenvalue weighted by Gasteiger charge is 2.16. The van der Waals surface area contributed by atoms with Crippen molar-refractivity contribution in [1.82, 2.24) is 0 Å². The van der Waals surface area contributed by atoms with Crippen molar-refractivity contribution in [1.29, 1.82) is 0 Å². The number of hydrogen-bond donors (Lipinski definition) is 1. The number of carbonyl (C=O) groups is 1. The number of carbonyl (C=O) groups excluding carboxylic acids is 1. The van der Waals surface area contributed by atoms with Crippen LogP contribution in [0.1, 0.15) is 12.5 Å². The van der Waals surface area contributed by atoms with Gasteiger partial charge >= 0.3 is 5.97 Å². The molecule has 1 heterocycles. The van der Waals surface area contributed by atoms with Crippen LogP contribution in [-0.2, 0) is 9.53 Å². The molecule has 0 aromatic heterocycles. The summed E-state index contributed by atoms with van der Waals surface area (Å²) in [7, 11) is 0. The molecule has 0 aliphatic carbocycles. The van der Waals surface area contributed by atoms with E-state index in [1.165, 1.54) is 0 Å². The van der Waals surface area contributed by atoms with Crippen molar-refractivity contribution in [2.24, 2.45) is 0 Å². The number of benzene rings is 1. The highest BCUT2D eigenvalue weighted by atomic mass is 79.9. The van der Waals surface area contributed by atoms with Crippen LogP contribution >= 0.6 is 15.9 Å². The fourth-order valence-electron chi connectivity index (χ4n) is 1.60. The summed E-state index contributed by atoms with van der Waals surface area (Å²) >= 11 is 3.40. The SMILES string of the molecule is CCOC(=O)C1=Cc2cc(Br)ccc2NC1. The van der Waals surface area contributed by atoms with E-state index in [4.69, 9.17) is 4.74 Å². The fraction of sp³-hybridized carbons (Fsp3) is 0.250. The summed E-state index contributed by atoms with van der Waals surface area (Å²) in [5.41, 5.74) is 2.70. The highest BCUT2D eigenvalue weighted by molar-refractivity contribution is 9.10. The molecule has 0 saturated heterocycles. The van der Waals surface area contributed by atoms with Crippen LogP contribution in [0.25, 0.3) is 6.08 Å². The van der Waals surface area contributed by atoms with Crippen molar-refractivity contribution < 1.29 is 9.53 Å². The molecule has 3 nitrogen and oxygen atoms in total. The van der Waals surface area contributed by atoms with Crippen molar-refractivity contribution in [3.8, 4) is 0 Å². The maximum Gasteiger partial charge on any atom is 0.335 e. The van der Waals surface area contributed by atoms with E-state index in [0.29, 0.717) is 18.7 Å². The third kappa shape index (κ3) is 2.27. The Kier molecular flexibility index (Phi) is 3.29. The topological polar surface area (TPSA) is 38.3 Å². The lowest BCUT2D eigenvalue weighted by Gasteiger charge is -2.17. The standard InChI is InChI=1S/C12H12BrNO2/c1-2-16-12(15)9-5-8-6-10(13)3-4-11(8)14-7-9/h3-6,14H,2,7H2,1H3. The minimum atomic E-state index is -0.249. The molecule has 0 saturated carbocycles. The second kappa shape index (κ2) is 4.70. The quantitative estimate of drug-likeness (QED) is 0.848. The van der Waals surface area contributed by atoms with E-state index in [0.717, 1.165) is 15.7 Å². The Morgan fingerprint density at radius 1 is 1.56 bits per heavy atom. The van der Waals surface area contributed by atoms with Crippen LogP contribution in [0.5, 0.6) is 0 Å². The Morgan fingerprint density at radius 2 is 2.38 bits per heavy atom. The minimum Gasteiger partial charge on any atom is -0.463 e. The number of rotatable bonds is 2. The van der Waals surface area contributed by atoms with E-state index < -0.39 is 0 Å². The van der Waals surface area contributed by atoms with Gasteiger partial charge in [-0.15, -0.1) is 0 Å². The summed E-state index contributed by atoms with van der Waals surface area (Å²) in [6.45, 7) is 2.73. The van der Waals surface area contributed by atoms with E-state index >= 15 is 0 Å². The molecule has 1 aliphatic rings. The number of hydrogen-bond acceptors (Lipinski definition) is 3. The number of fused-ring (bicyclic) bond motifs is 1. The molecule has 0 unspecified atom stereocenters. The molecule has 0 atom stereocenters. The number of anilines is 1. The minimum absolute atomic E-state index is 0.249. The molecular weight excluding hydrogens is 270 g/mol. The van der Waals surface area contributed by atoms with E-state index in [-0.39, 0.29) is 5.97 Å². The first-order valence-electron chi connectivity index (χ1n) is 5.12. The first kappa shape index (κ1) is 11.2. The van der Waals surface area contributed by atoms with Gasteiger partial charge in [-0.2, -0.15) is 0 Å². The summed E-state index contributed by atoms with van der Waals surface area (Å²) < 4.78 is 5.96. The van der Waals surface area contributed by atoms with Crippen LogP contribution in [0.4, 0.5) is 5.69 Å². The predicted molar refractivity (Wildman–Crippen MR) is 67.2 cm³/mol. The molecule has 0 spiro atoms. The fourth-order valence-corrected chi connectivity index (χ4v) is 1.98. The first-order valence-corrected chi connectivity index (χ1v) is 5.91. The molecule has 4 heteroatoms. The van der Waals surface area contributed by atoms with Gasteiger partial charge in [-0.1, -0.05) is 15.9 Å². The summed E-state index contributed by atoms with van der Waals surface area (Å²) in [5.74, 6) is -0.249. The van der Waals surface area contributed by atoms with Gasteiger partial charge in [-0.3, -0.25) is 0 Å². The van der Waals surface area contributed by atoms with Gasteiger partial charge in [0, 0.05) is 16.7 Å². The molecule has 1 aromatic carbocycles. The molecule has 84 valence electrons. The molecule has 2 rings (SSSR count). The van der Waals surface area contributed by atoms with Gasteiger partial charge in [0.2, 0.25) is 0 Å². The van der Waals surface area contributed by atoms with Gasteiger partial charge < -0.3 is 10.1 Å². The van der Waals surface area contributed by atoms with Gasteiger partial charge in [0.25, 0.3) is 0 Å². The zero-order valence-electron chi connectivity index (χ0n) is 8.92. The van der Waals surface area contributed by atoms with Gasteiger partial charge in [-0.25, -0.2) is 4.79 Å². The molecule has 0 radical (unpaired) electrons. The molecule has 0 amide bonds. The van der Waals surface area contributed by atoms with Crippen molar-refractivity contribution in [2.75, 3.05) is 18.5 Å². The molecule has 1 aromatic rings. The first-order chi connectivity index (χ1) is 7.70. The summed E-state index contributed by atoms with van der Waals surface area (Å²) in [6.07, 6.45) is 1.87. The lowest BCUT2D eigenvalue weighted by Crippen LogP contribution is -2.18. The lowest BCUT2D eigenvalue weighted by atomic mass is 10.0. The summed E-state index contributed by atoms with van der Waals surface area (Å²) in [4.78, 5) is 11.6. The highest BCUT2D eigenvalue weighted by Crippen LogP contribution is 2.27. The average Bonchev–Trinajstić information content (AvgIpc) is 2.28. The van der Waals surface area contributed by atoms with Gasteiger partial charge in [-0.05, 0) is 36.8 Å². The van der Waals surface area contributed by atoms with Gasteiger partial charge in [0.05, 0.1) is 12.2 Å². The van der Waals surface area contributed by atoms with Crippen molar-refractivity contribution in [3.05, 3.63) is 33.8 Å². The second-order valence-corrected chi connectivity index (χ2v) is 4.39. The van der Waals surface area contributed by atoms with Crippen molar-refractivity contribution in [2.45, 2.75) is 6.92 Å². The molecule has 16 heavy (non-hydrogen) atoms. The summed E-state index contributed by atoms with van der Waals surface area (Å²) in [5, 5.41) is 3.19. The van der Waals surface area contributed by atoms with E-state index in [9.17, 15) is 4.79 Å². The largest absolute Gasteiger partial charge is 0.463 e. The zero-order chi connectivity index (χ0) is 11.5. The Balaban J connectivity index is 2.30. The van der Waals surface area contributed by atoms with E-state index in [2.05, 4.69) is 21.2 Å². The van der Waals surface area contributed by atoms with Crippen molar-refractivity contribution in [3.63, 3.8) is 0 Å². The van der Waals surface area contributed by atoms with Gasteiger partial charge in [0.1, 0.15) is 0 Å². The Bertz CT molecular complexity index is 454. The van der Waals surface area contributed by atoms with Crippen LogP contribution in [0.3, 0.4) is 0 Å². The third-order valence-corrected chi connectivity index (χ3v) is 2.84.